The third kappa shape index (κ3) is 3.55. The van der Waals surface area contributed by atoms with E-state index in [-0.39, 0.29) is 0 Å². The Bertz CT molecular complexity index is 2770. The monoisotopic (exact) mass is 624 g/mol. The van der Waals surface area contributed by atoms with Gasteiger partial charge in [-0.3, -0.25) is 0 Å². The summed E-state index contributed by atoms with van der Waals surface area (Å²) in [5.41, 5.74) is 13.5. The molecule has 0 fully saturated rings. The number of para-hydroxylation sites is 1. The molecule has 228 valence electrons. The van der Waals surface area contributed by atoms with Crippen LogP contribution in [0.2, 0.25) is 0 Å². The predicted molar refractivity (Wildman–Crippen MR) is 199 cm³/mol. The second-order valence-corrected chi connectivity index (χ2v) is 13.2. The summed E-state index contributed by atoms with van der Waals surface area (Å²) < 4.78 is 13.3. The molecule has 2 nitrogen and oxygen atoms in total. The highest BCUT2D eigenvalue weighted by Gasteiger charge is 2.50. The maximum atomic E-state index is 6.79. The average Bonchev–Trinajstić information content (AvgIpc) is 3.70. The quantitative estimate of drug-likeness (QED) is 0.191. The highest BCUT2D eigenvalue weighted by atomic mass is 16.5. The van der Waals surface area contributed by atoms with Gasteiger partial charge in [-0.25, -0.2) is 0 Å². The first-order valence-electron chi connectivity index (χ1n) is 16.8. The van der Waals surface area contributed by atoms with Crippen LogP contribution in [0.25, 0.3) is 66.1 Å². The van der Waals surface area contributed by atoms with Crippen LogP contribution >= 0.6 is 0 Å². The standard InChI is InChI=1S/C47H28O2/c1-2-14-34-29(11-1)23-25-37-45-33(17-10-22-43(45)49-46(34)37)32-13-9-12-30(27-32)31-24-26-41-44(28-31)48-42-21-8-7-20-40(42)47(41)38-18-5-3-15-35(38)36-16-4-6-19-39(36)47/h1-28H. The van der Waals surface area contributed by atoms with Gasteiger partial charge in [-0.05, 0) is 80.2 Å². The van der Waals surface area contributed by atoms with E-state index in [1.807, 2.05) is 0 Å². The topological polar surface area (TPSA) is 22.4 Å². The van der Waals surface area contributed by atoms with Gasteiger partial charge in [0.2, 0.25) is 0 Å². The molecule has 1 aliphatic carbocycles. The molecule has 0 amide bonds. The number of benzene rings is 8. The van der Waals surface area contributed by atoms with Crippen molar-refractivity contribution in [3.8, 4) is 44.9 Å². The van der Waals surface area contributed by atoms with Crippen molar-refractivity contribution in [2.45, 2.75) is 5.41 Å². The highest BCUT2D eigenvalue weighted by molar-refractivity contribution is 6.19. The molecule has 0 saturated carbocycles. The SMILES string of the molecule is c1cc(-c2ccc3c(c2)Oc2ccccc2C32c3ccccc3-c3ccccc32)cc(-c2cccc3oc4c5ccccc5ccc4c23)c1. The largest absolute Gasteiger partial charge is 0.457 e. The van der Waals surface area contributed by atoms with Crippen LogP contribution in [0, 0.1) is 0 Å². The number of hydrogen-bond acceptors (Lipinski definition) is 2. The van der Waals surface area contributed by atoms with Crippen molar-refractivity contribution in [3.63, 3.8) is 0 Å². The molecule has 0 bridgehead atoms. The number of ether oxygens (including phenoxy) is 1. The van der Waals surface area contributed by atoms with Gasteiger partial charge in [0.25, 0.3) is 0 Å². The molecule has 2 aliphatic rings. The third-order valence-electron chi connectivity index (χ3n) is 10.7. The molecule has 1 aromatic heterocycles. The van der Waals surface area contributed by atoms with Gasteiger partial charge in [0.15, 0.2) is 0 Å². The van der Waals surface area contributed by atoms with Crippen LogP contribution in [0.5, 0.6) is 11.5 Å². The smallest absolute Gasteiger partial charge is 0.143 e. The number of rotatable bonds is 2. The van der Waals surface area contributed by atoms with E-state index in [0.717, 1.165) is 61.1 Å². The van der Waals surface area contributed by atoms with Gasteiger partial charge in [-0.2, -0.15) is 0 Å². The Morgan fingerprint density at radius 3 is 1.90 bits per heavy atom. The highest BCUT2D eigenvalue weighted by Crippen LogP contribution is 2.62. The minimum absolute atomic E-state index is 0.458. The van der Waals surface area contributed by atoms with Crippen LogP contribution in [0.3, 0.4) is 0 Å². The van der Waals surface area contributed by atoms with Crippen LogP contribution in [-0.2, 0) is 5.41 Å². The lowest BCUT2D eigenvalue weighted by molar-refractivity contribution is 0.436. The summed E-state index contributed by atoms with van der Waals surface area (Å²) in [7, 11) is 0. The van der Waals surface area contributed by atoms with Gasteiger partial charge >= 0.3 is 0 Å². The predicted octanol–water partition coefficient (Wildman–Crippen LogP) is 12.5. The number of fused-ring (bicyclic) bond motifs is 14. The van der Waals surface area contributed by atoms with E-state index in [4.69, 9.17) is 9.15 Å². The first-order chi connectivity index (χ1) is 24.3. The molecule has 9 aromatic rings. The minimum atomic E-state index is -0.458. The van der Waals surface area contributed by atoms with Crippen LogP contribution < -0.4 is 4.74 Å². The molecule has 1 aliphatic heterocycles. The molecule has 0 radical (unpaired) electrons. The zero-order chi connectivity index (χ0) is 32.1. The summed E-state index contributed by atoms with van der Waals surface area (Å²) in [5, 5.41) is 4.60. The molecular formula is C47H28O2. The van der Waals surface area contributed by atoms with Crippen molar-refractivity contribution in [3.05, 3.63) is 192 Å². The van der Waals surface area contributed by atoms with Crippen LogP contribution in [-0.4, -0.2) is 0 Å². The second-order valence-electron chi connectivity index (χ2n) is 13.2. The summed E-state index contributed by atoms with van der Waals surface area (Å²) in [6, 6.07) is 61.1. The molecule has 0 unspecified atom stereocenters. The maximum absolute atomic E-state index is 6.79. The summed E-state index contributed by atoms with van der Waals surface area (Å²) in [6.45, 7) is 0. The van der Waals surface area contributed by atoms with Crippen molar-refractivity contribution < 1.29 is 9.15 Å². The second kappa shape index (κ2) is 9.82. The minimum Gasteiger partial charge on any atom is -0.457 e. The van der Waals surface area contributed by atoms with Gasteiger partial charge in [0, 0.05) is 27.3 Å². The Morgan fingerprint density at radius 1 is 0.388 bits per heavy atom. The van der Waals surface area contributed by atoms with Crippen molar-refractivity contribution in [2.75, 3.05) is 0 Å². The van der Waals surface area contributed by atoms with Crippen molar-refractivity contribution >= 4 is 32.7 Å². The lowest BCUT2D eigenvalue weighted by Crippen LogP contribution is -2.32. The Labute approximate surface area is 283 Å². The van der Waals surface area contributed by atoms with Crippen molar-refractivity contribution in [2.24, 2.45) is 0 Å². The molecule has 49 heavy (non-hydrogen) atoms. The normalized spacial score (nSPS) is 13.6. The van der Waals surface area contributed by atoms with Gasteiger partial charge in [0.05, 0.1) is 5.41 Å². The zero-order valence-corrected chi connectivity index (χ0v) is 26.5. The summed E-state index contributed by atoms with van der Waals surface area (Å²) in [6.07, 6.45) is 0. The Kier molecular flexibility index (Phi) is 5.34. The van der Waals surface area contributed by atoms with E-state index in [9.17, 15) is 0 Å². The lowest BCUT2D eigenvalue weighted by atomic mass is 9.66. The number of hydrogen-bond donors (Lipinski definition) is 0. The van der Waals surface area contributed by atoms with Crippen LogP contribution in [0.4, 0.5) is 0 Å². The molecule has 8 aromatic carbocycles. The van der Waals surface area contributed by atoms with E-state index in [0.29, 0.717) is 0 Å². The number of furan rings is 1. The van der Waals surface area contributed by atoms with Gasteiger partial charge in [0.1, 0.15) is 22.7 Å². The van der Waals surface area contributed by atoms with E-state index in [1.165, 1.54) is 38.8 Å². The van der Waals surface area contributed by atoms with E-state index in [2.05, 4.69) is 170 Å². The molecule has 11 rings (SSSR count). The van der Waals surface area contributed by atoms with Crippen molar-refractivity contribution in [1.29, 1.82) is 0 Å². The summed E-state index contributed by atoms with van der Waals surface area (Å²) in [4.78, 5) is 0. The molecule has 2 heteroatoms. The molecule has 2 heterocycles. The molecule has 0 atom stereocenters. The van der Waals surface area contributed by atoms with Gasteiger partial charge in [-0.15, -0.1) is 0 Å². The first-order valence-corrected chi connectivity index (χ1v) is 16.8. The van der Waals surface area contributed by atoms with Crippen LogP contribution in [0.1, 0.15) is 22.3 Å². The zero-order valence-electron chi connectivity index (χ0n) is 26.5. The molecule has 0 saturated heterocycles. The lowest BCUT2D eigenvalue weighted by Gasteiger charge is -2.39. The fraction of sp³-hybridized carbons (Fsp3) is 0.0213. The first kappa shape index (κ1) is 26.7. The molecular weight excluding hydrogens is 597 g/mol. The van der Waals surface area contributed by atoms with Gasteiger partial charge < -0.3 is 9.15 Å². The Morgan fingerprint density at radius 2 is 1.04 bits per heavy atom. The van der Waals surface area contributed by atoms with E-state index < -0.39 is 5.41 Å². The molecule has 1 spiro atoms. The third-order valence-corrected chi connectivity index (χ3v) is 10.7. The fourth-order valence-corrected chi connectivity index (χ4v) is 8.70. The van der Waals surface area contributed by atoms with Crippen LogP contribution in [0.15, 0.2) is 174 Å². The van der Waals surface area contributed by atoms with E-state index >= 15 is 0 Å². The summed E-state index contributed by atoms with van der Waals surface area (Å²) in [5.74, 6) is 1.79. The maximum Gasteiger partial charge on any atom is 0.143 e. The summed E-state index contributed by atoms with van der Waals surface area (Å²) >= 11 is 0. The van der Waals surface area contributed by atoms with E-state index in [1.54, 1.807) is 0 Å². The average molecular weight is 625 g/mol. The Hall–Kier alpha value is -6.38. The fourth-order valence-electron chi connectivity index (χ4n) is 8.70. The van der Waals surface area contributed by atoms with Gasteiger partial charge in [-0.1, -0.05) is 140 Å². The Balaban J connectivity index is 1.09. The van der Waals surface area contributed by atoms with Crippen molar-refractivity contribution in [1.82, 2.24) is 0 Å². The molecule has 0 N–H and O–H groups in total.